The molecule has 0 aliphatic heterocycles. The molecule has 0 atom stereocenters. The molecule has 0 amide bonds. The SMILES string of the molecule is COc1ccc(Oc2cc[n+]([O-])cc2)cc1. The van der Waals surface area contributed by atoms with Crippen molar-refractivity contribution in [2.24, 2.45) is 0 Å². The van der Waals surface area contributed by atoms with Gasteiger partial charge < -0.3 is 14.7 Å². The lowest BCUT2D eigenvalue weighted by Gasteiger charge is -2.05. The van der Waals surface area contributed by atoms with Crippen LogP contribution in [0.5, 0.6) is 17.2 Å². The molecule has 0 radical (unpaired) electrons. The van der Waals surface area contributed by atoms with Crippen LogP contribution in [0.3, 0.4) is 0 Å². The fourth-order valence-electron chi connectivity index (χ4n) is 1.25. The second-order valence-electron chi connectivity index (χ2n) is 3.17. The molecule has 0 saturated heterocycles. The van der Waals surface area contributed by atoms with Gasteiger partial charge in [0.15, 0.2) is 12.4 Å². The van der Waals surface area contributed by atoms with E-state index in [0.717, 1.165) is 5.75 Å². The minimum Gasteiger partial charge on any atom is -0.619 e. The maximum atomic E-state index is 10.8. The largest absolute Gasteiger partial charge is 0.619 e. The van der Waals surface area contributed by atoms with Crippen LogP contribution in [0, 0.1) is 5.21 Å². The van der Waals surface area contributed by atoms with E-state index in [0.29, 0.717) is 16.2 Å². The van der Waals surface area contributed by atoms with Gasteiger partial charge in [0.05, 0.1) is 7.11 Å². The fraction of sp³-hybridized carbons (Fsp3) is 0.0833. The van der Waals surface area contributed by atoms with Crippen LogP contribution in [-0.4, -0.2) is 7.11 Å². The van der Waals surface area contributed by atoms with Crippen molar-refractivity contribution in [2.45, 2.75) is 0 Å². The number of nitrogens with zero attached hydrogens (tertiary/aromatic N) is 1. The third kappa shape index (κ3) is 2.42. The Hall–Kier alpha value is -2.23. The fourth-order valence-corrected chi connectivity index (χ4v) is 1.25. The molecule has 16 heavy (non-hydrogen) atoms. The zero-order valence-corrected chi connectivity index (χ0v) is 8.79. The topological polar surface area (TPSA) is 45.4 Å². The minimum atomic E-state index is 0.622. The lowest BCUT2D eigenvalue weighted by Crippen LogP contribution is -2.23. The smallest absolute Gasteiger partial charge is 0.184 e. The molecule has 0 N–H and O–H groups in total. The predicted octanol–water partition coefficient (Wildman–Crippen LogP) is 2.12. The van der Waals surface area contributed by atoms with Crippen molar-refractivity contribution in [3.8, 4) is 17.2 Å². The highest BCUT2D eigenvalue weighted by molar-refractivity contribution is 5.34. The summed E-state index contributed by atoms with van der Waals surface area (Å²) in [6.07, 6.45) is 2.78. The van der Waals surface area contributed by atoms with Gasteiger partial charge in [-0.2, -0.15) is 4.73 Å². The number of rotatable bonds is 3. The van der Waals surface area contributed by atoms with Gasteiger partial charge in [0, 0.05) is 12.1 Å². The number of hydrogen-bond donors (Lipinski definition) is 0. The highest BCUT2D eigenvalue weighted by atomic mass is 16.5. The molecule has 0 aliphatic rings. The number of ether oxygens (including phenoxy) is 2. The highest BCUT2D eigenvalue weighted by Crippen LogP contribution is 2.22. The Kier molecular flexibility index (Phi) is 2.91. The molecule has 1 aromatic heterocycles. The van der Waals surface area contributed by atoms with E-state index in [1.54, 1.807) is 31.4 Å². The van der Waals surface area contributed by atoms with Crippen molar-refractivity contribution in [1.29, 1.82) is 0 Å². The summed E-state index contributed by atoms with van der Waals surface area (Å²) in [4.78, 5) is 0. The second kappa shape index (κ2) is 4.53. The van der Waals surface area contributed by atoms with Crippen LogP contribution >= 0.6 is 0 Å². The van der Waals surface area contributed by atoms with E-state index in [9.17, 15) is 5.21 Å². The molecule has 4 nitrogen and oxygen atoms in total. The van der Waals surface area contributed by atoms with Crippen LogP contribution in [0.15, 0.2) is 48.8 Å². The Morgan fingerprint density at radius 1 is 0.875 bits per heavy atom. The third-order valence-electron chi connectivity index (χ3n) is 2.07. The normalized spacial score (nSPS) is 9.81. The Balaban J connectivity index is 2.11. The first kappa shape index (κ1) is 10.3. The van der Waals surface area contributed by atoms with Crippen molar-refractivity contribution < 1.29 is 14.2 Å². The molecule has 4 heteroatoms. The summed E-state index contributed by atoms with van der Waals surface area (Å²) in [7, 11) is 1.61. The van der Waals surface area contributed by atoms with Gasteiger partial charge in [-0.3, -0.25) is 0 Å². The number of benzene rings is 1. The molecule has 82 valence electrons. The van der Waals surface area contributed by atoms with Crippen molar-refractivity contribution >= 4 is 0 Å². The predicted molar refractivity (Wildman–Crippen MR) is 58.5 cm³/mol. The second-order valence-corrected chi connectivity index (χ2v) is 3.17. The van der Waals surface area contributed by atoms with Crippen molar-refractivity contribution in [2.75, 3.05) is 7.11 Å². The zero-order valence-electron chi connectivity index (χ0n) is 8.79. The lowest BCUT2D eigenvalue weighted by molar-refractivity contribution is -0.605. The first-order valence-electron chi connectivity index (χ1n) is 4.78. The Labute approximate surface area is 93.3 Å². The van der Waals surface area contributed by atoms with Crippen LogP contribution in [0.2, 0.25) is 0 Å². The standard InChI is InChI=1S/C12H11NO3/c1-15-10-2-4-11(5-3-10)16-12-6-8-13(14)9-7-12/h2-9H,1H3. The first-order chi connectivity index (χ1) is 7.78. The van der Waals surface area contributed by atoms with Gasteiger partial charge in [-0.15, -0.1) is 0 Å². The van der Waals surface area contributed by atoms with Crippen LogP contribution in [-0.2, 0) is 0 Å². The number of pyridine rings is 1. The first-order valence-corrected chi connectivity index (χ1v) is 4.78. The van der Waals surface area contributed by atoms with Gasteiger partial charge in [0.25, 0.3) is 0 Å². The molecule has 0 fully saturated rings. The monoisotopic (exact) mass is 217 g/mol. The van der Waals surface area contributed by atoms with Crippen molar-refractivity contribution in [3.05, 3.63) is 54.0 Å². The summed E-state index contributed by atoms with van der Waals surface area (Å²) in [5, 5.41) is 10.8. The molecule has 1 heterocycles. The summed E-state index contributed by atoms with van der Waals surface area (Å²) in [5.74, 6) is 2.10. The minimum absolute atomic E-state index is 0.622. The number of aromatic nitrogens is 1. The van der Waals surface area contributed by atoms with Crippen LogP contribution < -0.4 is 14.2 Å². The number of methoxy groups -OCH3 is 1. The Morgan fingerprint density at radius 2 is 1.38 bits per heavy atom. The molecule has 0 spiro atoms. The average molecular weight is 217 g/mol. The summed E-state index contributed by atoms with van der Waals surface area (Å²) in [5.41, 5.74) is 0. The van der Waals surface area contributed by atoms with Gasteiger partial charge in [-0.05, 0) is 24.3 Å². The zero-order chi connectivity index (χ0) is 11.4. The molecule has 2 rings (SSSR count). The van der Waals surface area contributed by atoms with E-state index in [4.69, 9.17) is 9.47 Å². The lowest BCUT2D eigenvalue weighted by atomic mass is 10.3. The van der Waals surface area contributed by atoms with E-state index < -0.39 is 0 Å². The molecule has 0 bridgehead atoms. The summed E-state index contributed by atoms with van der Waals surface area (Å²) < 4.78 is 11.3. The third-order valence-corrected chi connectivity index (χ3v) is 2.07. The van der Waals surface area contributed by atoms with E-state index in [1.807, 2.05) is 12.1 Å². The quantitative estimate of drug-likeness (QED) is 0.584. The summed E-state index contributed by atoms with van der Waals surface area (Å²) >= 11 is 0. The molecule has 0 unspecified atom stereocenters. The van der Waals surface area contributed by atoms with Gasteiger partial charge >= 0.3 is 0 Å². The van der Waals surface area contributed by atoms with Crippen LogP contribution in [0.25, 0.3) is 0 Å². The maximum absolute atomic E-state index is 10.8. The van der Waals surface area contributed by atoms with Gasteiger partial charge in [-0.25, -0.2) is 0 Å². The molecular formula is C12H11NO3. The molecule has 0 aliphatic carbocycles. The molecule has 1 aromatic carbocycles. The van der Waals surface area contributed by atoms with E-state index in [2.05, 4.69) is 0 Å². The maximum Gasteiger partial charge on any atom is 0.184 e. The highest BCUT2D eigenvalue weighted by Gasteiger charge is 1.99. The van der Waals surface area contributed by atoms with Gasteiger partial charge in [-0.1, -0.05) is 0 Å². The van der Waals surface area contributed by atoms with Crippen LogP contribution in [0.1, 0.15) is 0 Å². The van der Waals surface area contributed by atoms with E-state index in [-0.39, 0.29) is 0 Å². The number of hydrogen-bond acceptors (Lipinski definition) is 3. The van der Waals surface area contributed by atoms with Gasteiger partial charge in [0.1, 0.15) is 17.2 Å². The van der Waals surface area contributed by atoms with E-state index >= 15 is 0 Å². The Morgan fingerprint density at radius 3 is 1.94 bits per heavy atom. The van der Waals surface area contributed by atoms with Crippen molar-refractivity contribution in [3.63, 3.8) is 0 Å². The van der Waals surface area contributed by atoms with Gasteiger partial charge in [0.2, 0.25) is 0 Å². The average Bonchev–Trinajstić information content (AvgIpc) is 2.33. The van der Waals surface area contributed by atoms with Crippen molar-refractivity contribution in [1.82, 2.24) is 0 Å². The molecular weight excluding hydrogens is 206 g/mol. The molecule has 2 aromatic rings. The molecule has 0 saturated carbocycles. The summed E-state index contributed by atoms with van der Waals surface area (Å²) in [6.45, 7) is 0. The van der Waals surface area contributed by atoms with E-state index in [1.165, 1.54) is 12.4 Å². The summed E-state index contributed by atoms with van der Waals surface area (Å²) in [6, 6.07) is 10.4. The Bertz CT molecular complexity index is 451. The van der Waals surface area contributed by atoms with Crippen LogP contribution in [0.4, 0.5) is 0 Å².